The second-order valence-electron chi connectivity index (χ2n) is 4.57. The number of aromatic nitrogens is 1. The first-order valence-corrected chi connectivity index (χ1v) is 6.69. The van der Waals surface area contributed by atoms with Crippen LogP contribution in [0, 0.1) is 16.0 Å². The van der Waals surface area contributed by atoms with E-state index in [1.54, 1.807) is 11.9 Å². The van der Waals surface area contributed by atoms with E-state index < -0.39 is 16.9 Å². The molecule has 7 nitrogen and oxygen atoms in total. The third-order valence-electron chi connectivity index (χ3n) is 2.89. The largest absolute Gasteiger partial charge is 0.467 e. The van der Waals surface area contributed by atoms with Gasteiger partial charge < -0.3 is 9.64 Å². The highest BCUT2D eigenvalue weighted by atomic mass is 79.9. The Hall–Kier alpha value is -1.70. The minimum absolute atomic E-state index is 0.0767. The normalized spacial score (nSPS) is 12.1. The third-order valence-corrected chi connectivity index (χ3v) is 3.47. The molecular weight excluding hydrogens is 330 g/mol. The molecule has 0 aliphatic rings. The molecule has 1 rings (SSSR count). The third kappa shape index (κ3) is 3.24. The maximum Gasteiger partial charge on any atom is 0.328 e. The number of ether oxygens (including phenoxy) is 1. The lowest BCUT2D eigenvalue weighted by Gasteiger charge is -2.30. The first kappa shape index (κ1) is 16.4. The Morgan fingerprint density at radius 1 is 1.50 bits per heavy atom. The number of methoxy groups -OCH3 is 1. The van der Waals surface area contributed by atoms with Gasteiger partial charge in [-0.2, -0.15) is 0 Å². The van der Waals surface area contributed by atoms with Crippen molar-refractivity contribution in [3.05, 3.63) is 27.0 Å². The van der Waals surface area contributed by atoms with Gasteiger partial charge in [0.05, 0.1) is 16.5 Å². The van der Waals surface area contributed by atoms with E-state index in [1.807, 2.05) is 13.8 Å². The number of likely N-dealkylation sites (N-methyl/N-ethyl adjacent to an activating group) is 1. The highest BCUT2D eigenvalue weighted by molar-refractivity contribution is 9.10. The smallest absolute Gasteiger partial charge is 0.328 e. The van der Waals surface area contributed by atoms with Crippen molar-refractivity contribution in [1.29, 1.82) is 0 Å². The number of halogens is 1. The van der Waals surface area contributed by atoms with E-state index >= 15 is 0 Å². The van der Waals surface area contributed by atoms with Crippen molar-refractivity contribution in [1.82, 2.24) is 4.98 Å². The lowest BCUT2D eigenvalue weighted by atomic mass is 10.0. The van der Waals surface area contributed by atoms with E-state index in [0.29, 0.717) is 10.2 Å². The van der Waals surface area contributed by atoms with Gasteiger partial charge in [-0.05, 0) is 21.8 Å². The second-order valence-corrected chi connectivity index (χ2v) is 5.42. The summed E-state index contributed by atoms with van der Waals surface area (Å²) in [5, 5.41) is 11.1. The average molecular weight is 346 g/mol. The van der Waals surface area contributed by atoms with Gasteiger partial charge in [0.25, 0.3) is 0 Å². The number of carbonyl (C=O) groups excluding carboxylic acids is 1. The molecule has 110 valence electrons. The van der Waals surface area contributed by atoms with E-state index in [1.165, 1.54) is 13.3 Å². The number of carbonyl (C=O) groups is 1. The van der Waals surface area contributed by atoms with Crippen molar-refractivity contribution < 1.29 is 14.5 Å². The summed E-state index contributed by atoms with van der Waals surface area (Å²) in [7, 11) is 2.91. The summed E-state index contributed by atoms with van der Waals surface area (Å²) in [6.45, 7) is 3.69. The highest BCUT2D eigenvalue weighted by Gasteiger charge is 2.32. The summed E-state index contributed by atoms with van der Waals surface area (Å²) in [5.41, 5.74) is 0.130. The van der Waals surface area contributed by atoms with Gasteiger partial charge in [0.2, 0.25) is 0 Å². The van der Waals surface area contributed by atoms with Crippen LogP contribution in [-0.4, -0.2) is 36.1 Å². The van der Waals surface area contributed by atoms with Gasteiger partial charge in [0.1, 0.15) is 17.9 Å². The van der Waals surface area contributed by atoms with Crippen molar-refractivity contribution in [2.45, 2.75) is 19.9 Å². The minimum atomic E-state index is -0.627. The summed E-state index contributed by atoms with van der Waals surface area (Å²) < 4.78 is 5.22. The Morgan fingerprint density at radius 2 is 2.10 bits per heavy atom. The van der Waals surface area contributed by atoms with Crippen LogP contribution in [-0.2, 0) is 9.53 Å². The number of hydrogen-bond donors (Lipinski definition) is 0. The monoisotopic (exact) mass is 345 g/mol. The van der Waals surface area contributed by atoms with Gasteiger partial charge in [0.15, 0.2) is 0 Å². The van der Waals surface area contributed by atoms with Crippen molar-refractivity contribution >= 4 is 33.3 Å². The molecule has 8 heteroatoms. The van der Waals surface area contributed by atoms with Gasteiger partial charge >= 0.3 is 11.7 Å². The predicted octanol–water partition coefficient (Wildman–Crippen LogP) is 2.39. The molecule has 1 aromatic rings. The fraction of sp³-hybridized carbons (Fsp3) is 0.500. The van der Waals surface area contributed by atoms with E-state index in [4.69, 9.17) is 4.74 Å². The number of rotatable bonds is 5. The molecule has 0 saturated heterocycles. The molecule has 0 bridgehead atoms. The van der Waals surface area contributed by atoms with Gasteiger partial charge in [-0.15, -0.1) is 0 Å². The van der Waals surface area contributed by atoms with Crippen LogP contribution in [0.25, 0.3) is 0 Å². The molecule has 0 aromatic carbocycles. The summed E-state index contributed by atoms with van der Waals surface area (Å²) in [6, 6.07) is -0.627. The van der Waals surface area contributed by atoms with Crippen LogP contribution in [0.3, 0.4) is 0 Å². The Labute approximate surface area is 125 Å². The van der Waals surface area contributed by atoms with Crippen LogP contribution in [0.4, 0.5) is 11.4 Å². The van der Waals surface area contributed by atoms with Gasteiger partial charge in [0, 0.05) is 13.2 Å². The molecule has 0 aliphatic heterocycles. The lowest BCUT2D eigenvalue weighted by molar-refractivity contribution is -0.384. The van der Waals surface area contributed by atoms with Crippen LogP contribution in [0.5, 0.6) is 0 Å². The van der Waals surface area contributed by atoms with Crippen molar-refractivity contribution in [3.63, 3.8) is 0 Å². The first-order chi connectivity index (χ1) is 9.31. The number of esters is 1. The van der Waals surface area contributed by atoms with E-state index in [0.717, 1.165) is 6.20 Å². The zero-order chi connectivity index (χ0) is 15.4. The molecule has 0 radical (unpaired) electrons. The van der Waals surface area contributed by atoms with Crippen LogP contribution in [0.15, 0.2) is 16.9 Å². The molecule has 0 fully saturated rings. The summed E-state index contributed by atoms with van der Waals surface area (Å²) in [6.07, 6.45) is 2.61. The number of anilines is 1. The maximum atomic E-state index is 11.9. The predicted molar refractivity (Wildman–Crippen MR) is 77.6 cm³/mol. The van der Waals surface area contributed by atoms with Crippen LogP contribution < -0.4 is 4.90 Å². The van der Waals surface area contributed by atoms with Crippen LogP contribution >= 0.6 is 15.9 Å². The average Bonchev–Trinajstić information content (AvgIpc) is 2.37. The standard InChI is InChI=1S/C12H16BrN3O4/c1-7(2)10(12(17)20-4)15(3)11-8(13)5-14-6-9(11)16(18)19/h5-7,10H,1-4H3. The van der Waals surface area contributed by atoms with Gasteiger partial charge in [-0.25, -0.2) is 4.79 Å². The van der Waals surface area contributed by atoms with E-state index in [2.05, 4.69) is 20.9 Å². The van der Waals surface area contributed by atoms with E-state index in [9.17, 15) is 14.9 Å². The molecule has 1 aromatic heterocycles. The minimum Gasteiger partial charge on any atom is -0.467 e. The fourth-order valence-corrected chi connectivity index (χ4v) is 2.64. The Bertz CT molecular complexity index is 521. The number of pyridine rings is 1. The van der Waals surface area contributed by atoms with Crippen LogP contribution in [0.1, 0.15) is 13.8 Å². The molecule has 0 spiro atoms. The summed E-state index contributed by atoms with van der Waals surface area (Å²) in [4.78, 5) is 27.8. The Morgan fingerprint density at radius 3 is 2.55 bits per heavy atom. The Kier molecular flexibility index (Phi) is 5.43. The van der Waals surface area contributed by atoms with Crippen molar-refractivity contribution in [2.24, 2.45) is 5.92 Å². The van der Waals surface area contributed by atoms with Gasteiger partial charge in [-0.1, -0.05) is 13.8 Å². The lowest BCUT2D eigenvalue weighted by Crippen LogP contribution is -2.43. The molecule has 1 heterocycles. The zero-order valence-corrected chi connectivity index (χ0v) is 13.2. The summed E-state index contributed by atoms with van der Waals surface area (Å²) >= 11 is 3.24. The molecular formula is C12H16BrN3O4. The Balaban J connectivity index is 3.35. The molecule has 20 heavy (non-hydrogen) atoms. The summed E-state index contributed by atoms with van der Waals surface area (Å²) in [5.74, 6) is -0.521. The van der Waals surface area contributed by atoms with Crippen molar-refractivity contribution in [2.75, 3.05) is 19.1 Å². The van der Waals surface area contributed by atoms with E-state index in [-0.39, 0.29) is 11.6 Å². The highest BCUT2D eigenvalue weighted by Crippen LogP contribution is 2.36. The first-order valence-electron chi connectivity index (χ1n) is 5.89. The number of nitro groups is 1. The zero-order valence-electron chi connectivity index (χ0n) is 11.7. The molecule has 0 aliphatic carbocycles. The quantitative estimate of drug-likeness (QED) is 0.462. The molecule has 0 saturated carbocycles. The fourth-order valence-electron chi connectivity index (χ4n) is 2.04. The number of nitrogens with zero attached hydrogens (tertiary/aromatic N) is 3. The van der Waals surface area contributed by atoms with Crippen molar-refractivity contribution in [3.8, 4) is 0 Å². The molecule has 0 amide bonds. The molecule has 1 unspecified atom stereocenters. The number of hydrogen-bond acceptors (Lipinski definition) is 6. The SMILES string of the molecule is COC(=O)C(C(C)C)N(C)c1c(Br)cncc1[N+](=O)[O-]. The molecule has 0 N–H and O–H groups in total. The van der Waals surface area contributed by atoms with Gasteiger partial charge in [-0.3, -0.25) is 15.1 Å². The second kappa shape index (κ2) is 6.65. The topological polar surface area (TPSA) is 85.6 Å². The van der Waals surface area contributed by atoms with Crippen LogP contribution in [0.2, 0.25) is 0 Å². The molecule has 1 atom stereocenters. The maximum absolute atomic E-state index is 11.9.